The Hall–Kier alpha value is -2.72. The molecule has 2 atom stereocenters. The van der Waals surface area contributed by atoms with Crippen LogP contribution in [0.25, 0.3) is 0 Å². The van der Waals surface area contributed by atoms with Crippen molar-refractivity contribution in [3.8, 4) is 0 Å². The topological polar surface area (TPSA) is 68.9 Å². The van der Waals surface area contributed by atoms with Gasteiger partial charge < -0.3 is 5.73 Å². The molecule has 1 fully saturated rings. The van der Waals surface area contributed by atoms with Crippen molar-refractivity contribution in [1.82, 2.24) is 9.97 Å². The molecule has 1 amide bonds. The number of carbonyl (C=O) groups excluding carboxylic acids is 1. The maximum Gasteiger partial charge on any atom is 0.221 e. The largest absolute Gasteiger partial charge is 0.369 e. The minimum Gasteiger partial charge on any atom is -0.369 e. The molecule has 2 unspecified atom stereocenters. The Bertz CT molecular complexity index is 971. The Labute approximate surface area is 163 Å². The van der Waals surface area contributed by atoms with Crippen LogP contribution in [0.4, 0.5) is 0 Å². The van der Waals surface area contributed by atoms with Crippen molar-refractivity contribution in [1.29, 1.82) is 0 Å². The van der Waals surface area contributed by atoms with Crippen LogP contribution >= 0.6 is 11.6 Å². The monoisotopic (exact) mass is 377 g/mol. The summed E-state index contributed by atoms with van der Waals surface area (Å²) in [5, 5.41) is 0.771. The molecular weight excluding hydrogens is 358 g/mol. The summed E-state index contributed by atoms with van der Waals surface area (Å²) in [4.78, 5) is 20.3. The number of rotatable bonds is 6. The second-order valence-electron chi connectivity index (χ2n) is 7.05. The van der Waals surface area contributed by atoms with Gasteiger partial charge in [0.1, 0.15) is 5.82 Å². The fraction of sp³-hybridized carbons (Fsp3) is 0.227. The molecule has 1 aromatic heterocycles. The first-order valence-electron chi connectivity index (χ1n) is 9.02. The molecule has 2 N–H and O–H groups in total. The highest BCUT2D eigenvalue weighted by Gasteiger charge is 2.41. The van der Waals surface area contributed by atoms with E-state index < -0.39 is 0 Å². The second-order valence-corrected chi connectivity index (χ2v) is 7.48. The van der Waals surface area contributed by atoms with E-state index in [-0.39, 0.29) is 12.3 Å². The van der Waals surface area contributed by atoms with Gasteiger partial charge in [-0.15, -0.1) is 0 Å². The second kappa shape index (κ2) is 7.49. The molecule has 27 heavy (non-hydrogen) atoms. The number of nitrogens with zero attached hydrogens (tertiary/aromatic N) is 2. The van der Waals surface area contributed by atoms with E-state index in [1.165, 1.54) is 5.56 Å². The van der Waals surface area contributed by atoms with E-state index in [2.05, 4.69) is 11.1 Å². The van der Waals surface area contributed by atoms with Gasteiger partial charge in [-0.05, 0) is 47.2 Å². The van der Waals surface area contributed by atoms with Crippen LogP contribution in [0.3, 0.4) is 0 Å². The predicted molar refractivity (Wildman–Crippen MR) is 106 cm³/mol. The lowest BCUT2D eigenvalue weighted by Crippen LogP contribution is -2.13. The van der Waals surface area contributed by atoms with Crippen molar-refractivity contribution in [2.75, 3.05) is 0 Å². The van der Waals surface area contributed by atoms with Crippen LogP contribution in [0.1, 0.15) is 46.5 Å². The number of hydrogen-bond donors (Lipinski definition) is 1. The molecule has 0 saturated heterocycles. The number of aromatic nitrogens is 2. The Morgan fingerprint density at radius 2 is 1.85 bits per heavy atom. The third kappa shape index (κ3) is 4.34. The van der Waals surface area contributed by atoms with Gasteiger partial charge in [-0.3, -0.25) is 4.79 Å². The molecule has 0 spiro atoms. The van der Waals surface area contributed by atoms with Gasteiger partial charge in [-0.2, -0.15) is 0 Å². The highest BCUT2D eigenvalue weighted by molar-refractivity contribution is 6.30. The molecule has 136 valence electrons. The smallest absolute Gasteiger partial charge is 0.221 e. The van der Waals surface area contributed by atoms with Crippen molar-refractivity contribution >= 4 is 17.5 Å². The summed E-state index contributed by atoms with van der Waals surface area (Å²) < 4.78 is 0. The van der Waals surface area contributed by atoms with E-state index in [1.54, 1.807) is 0 Å². The number of halogens is 1. The lowest BCUT2D eigenvalue weighted by molar-refractivity contribution is -0.117. The van der Waals surface area contributed by atoms with Crippen molar-refractivity contribution in [2.24, 2.45) is 5.73 Å². The molecule has 1 aliphatic rings. The first kappa shape index (κ1) is 17.7. The Kier molecular flexibility index (Phi) is 4.90. The van der Waals surface area contributed by atoms with Gasteiger partial charge in [0.25, 0.3) is 0 Å². The van der Waals surface area contributed by atoms with Crippen LogP contribution in [0, 0.1) is 0 Å². The summed E-state index contributed by atoms with van der Waals surface area (Å²) in [5.41, 5.74) is 9.57. The molecule has 1 saturated carbocycles. The molecule has 0 aliphatic heterocycles. The molecule has 4 nitrogen and oxygen atoms in total. The molecule has 5 heteroatoms. The van der Waals surface area contributed by atoms with Crippen LogP contribution in [-0.4, -0.2) is 15.9 Å². The van der Waals surface area contributed by atoms with Crippen LogP contribution in [0.15, 0.2) is 60.8 Å². The summed E-state index contributed by atoms with van der Waals surface area (Å²) in [5.74, 6) is 1.40. The number of hydrogen-bond acceptors (Lipinski definition) is 3. The molecule has 1 aliphatic carbocycles. The van der Waals surface area contributed by atoms with Crippen molar-refractivity contribution < 1.29 is 4.79 Å². The maximum atomic E-state index is 11.0. The van der Waals surface area contributed by atoms with E-state index in [1.807, 2.05) is 54.7 Å². The van der Waals surface area contributed by atoms with Crippen molar-refractivity contribution in [3.05, 3.63) is 94.0 Å². The van der Waals surface area contributed by atoms with Gasteiger partial charge in [0.2, 0.25) is 5.91 Å². The van der Waals surface area contributed by atoms with Gasteiger partial charge in [0.05, 0.1) is 6.42 Å². The highest BCUT2D eigenvalue weighted by atomic mass is 35.5. The van der Waals surface area contributed by atoms with Crippen molar-refractivity contribution in [2.45, 2.75) is 31.1 Å². The summed E-state index contributed by atoms with van der Waals surface area (Å²) in [7, 11) is 0. The highest BCUT2D eigenvalue weighted by Crippen LogP contribution is 2.53. The van der Waals surface area contributed by atoms with Gasteiger partial charge in [0.15, 0.2) is 0 Å². The normalized spacial score (nSPS) is 18.3. The lowest BCUT2D eigenvalue weighted by Gasteiger charge is -2.06. The number of carbonyl (C=O) groups is 1. The van der Waals surface area contributed by atoms with E-state index in [0.29, 0.717) is 11.8 Å². The Morgan fingerprint density at radius 3 is 2.59 bits per heavy atom. The average molecular weight is 378 g/mol. The predicted octanol–water partition coefficient (Wildman–Crippen LogP) is 4.02. The molecule has 4 rings (SSSR count). The summed E-state index contributed by atoms with van der Waals surface area (Å²) in [6.45, 7) is 0. The first-order chi connectivity index (χ1) is 13.1. The zero-order valence-electron chi connectivity index (χ0n) is 14.8. The lowest BCUT2D eigenvalue weighted by atomic mass is 10.1. The van der Waals surface area contributed by atoms with Gasteiger partial charge >= 0.3 is 0 Å². The molecule has 3 aromatic rings. The van der Waals surface area contributed by atoms with E-state index in [4.69, 9.17) is 22.3 Å². The summed E-state index contributed by atoms with van der Waals surface area (Å²) >= 11 is 6.11. The fourth-order valence-corrected chi connectivity index (χ4v) is 3.66. The van der Waals surface area contributed by atoms with Crippen molar-refractivity contribution in [3.63, 3.8) is 0 Å². The number of benzene rings is 2. The SMILES string of the molecule is NC(=O)Cc1ccc(Cc2ccnc(C3CC3c3cccc(Cl)c3)n2)cc1. The quantitative estimate of drug-likeness (QED) is 0.705. The summed E-state index contributed by atoms with van der Waals surface area (Å²) in [6.07, 6.45) is 3.91. The Morgan fingerprint density at radius 1 is 1.07 bits per heavy atom. The molecule has 2 aromatic carbocycles. The maximum absolute atomic E-state index is 11.0. The minimum absolute atomic E-state index is 0.268. The number of amides is 1. The zero-order valence-corrected chi connectivity index (χ0v) is 15.6. The average Bonchev–Trinajstić information content (AvgIpc) is 3.44. The van der Waals surface area contributed by atoms with E-state index >= 15 is 0 Å². The van der Waals surface area contributed by atoms with Crippen LogP contribution in [-0.2, 0) is 17.6 Å². The van der Waals surface area contributed by atoms with Crippen LogP contribution < -0.4 is 5.73 Å². The molecular formula is C22H20ClN3O. The fourth-order valence-electron chi connectivity index (χ4n) is 3.46. The minimum atomic E-state index is -0.318. The van der Waals surface area contributed by atoms with Gasteiger partial charge in [-0.25, -0.2) is 9.97 Å². The number of nitrogens with two attached hydrogens (primary N) is 1. The first-order valence-corrected chi connectivity index (χ1v) is 9.39. The Balaban J connectivity index is 1.45. The molecule has 1 heterocycles. The third-order valence-electron chi connectivity index (χ3n) is 4.92. The molecule has 0 radical (unpaired) electrons. The third-order valence-corrected chi connectivity index (χ3v) is 5.15. The zero-order chi connectivity index (χ0) is 18.8. The number of primary amides is 1. The van der Waals surface area contributed by atoms with E-state index in [9.17, 15) is 4.79 Å². The van der Waals surface area contributed by atoms with Gasteiger partial charge in [0, 0.05) is 29.3 Å². The van der Waals surface area contributed by atoms with E-state index in [0.717, 1.165) is 40.5 Å². The van der Waals surface area contributed by atoms with Crippen LogP contribution in [0.2, 0.25) is 5.02 Å². The molecule has 0 bridgehead atoms. The van der Waals surface area contributed by atoms with Gasteiger partial charge in [-0.1, -0.05) is 48.0 Å². The summed E-state index contributed by atoms with van der Waals surface area (Å²) in [6, 6.07) is 17.9. The van der Waals surface area contributed by atoms with Crippen LogP contribution in [0.5, 0.6) is 0 Å². The standard InChI is InChI=1S/C22H20ClN3O/c23-17-3-1-2-16(12-17)19-13-20(19)22-25-9-8-18(26-22)10-14-4-6-15(7-5-14)11-21(24)27/h1-9,12,19-20H,10-11,13H2,(H2,24,27).